The highest BCUT2D eigenvalue weighted by Gasteiger charge is 2.55. The molecule has 0 radical (unpaired) electrons. The first-order chi connectivity index (χ1) is 11.3. The summed E-state index contributed by atoms with van der Waals surface area (Å²) in [6, 6.07) is 21.1. The number of urea groups is 1. The van der Waals surface area contributed by atoms with Crippen LogP contribution in [0.25, 0.3) is 0 Å². The van der Waals surface area contributed by atoms with Gasteiger partial charge < -0.3 is 10.2 Å². The van der Waals surface area contributed by atoms with Crippen LogP contribution in [-0.4, -0.2) is 34.0 Å². The third kappa shape index (κ3) is 2.61. The smallest absolute Gasteiger partial charge is 0.318 e. The zero-order valence-electron chi connectivity index (χ0n) is 12.9. The quantitative estimate of drug-likeness (QED) is 0.875. The van der Waals surface area contributed by atoms with Crippen molar-refractivity contribution < 1.29 is 4.79 Å². The largest absolute Gasteiger partial charge is 0.332 e. The van der Waals surface area contributed by atoms with Crippen LogP contribution < -0.4 is 5.32 Å². The predicted molar refractivity (Wildman–Crippen MR) is 94.5 cm³/mol. The second-order valence-corrected chi connectivity index (χ2v) is 7.39. The number of carbonyl (C=O) groups excluding carboxylic acids is 1. The van der Waals surface area contributed by atoms with Crippen molar-refractivity contribution in [2.75, 3.05) is 11.5 Å². The summed E-state index contributed by atoms with van der Waals surface area (Å²) in [4.78, 5) is 14.7. The molecule has 2 aliphatic heterocycles. The number of hydrogen-bond donors (Lipinski definition) is 1. The van der Waals surface area contributed by atoms with Crippen LogP contribution in [0.4, 0.5) is 4.79 Å². The molecule has 0 spiro atoms. The van der Waals surface area contributed by atoms with Gasteiger partial charge >= 0.3 is 6.03 Å². The van der Waals surface area contributed by atoms with Gasteiger partial charge in [-0.1, -0.05) is 60.7 Å². The molecule has 1 N–H and O–H groups in total. The Morgan fingerprint density at radius 3 is 2.39 bits per heavy atom. The van der Waals surface area contributed by atoms with Crippen LogP contribution in [0.1, 0.15) is 11.1 Å². The third-order valence-electron chi connectivity index (χ3n) is 4.90. The molecule has 2 saturated heterocycles. The molecular formula is C19H20N2OS. The first kappa shape index (κ1) is 14.6. The summed E-state index contributed by atoms with van der Waals surface area (Å²) in [6.07, 6.45) is 0.914. The normalized spacial score (nSPS) is 26.2. The number of hydrogen-bond acceptors (Lipinski definition) is 2. The lowest BCUT2D eigenvalue weighted by atomic mass is 9.86. The Morgan fingerprint density at radius 2 is 1.70 bits per heavy atom. The van der Waals surface area contributed by atoms with Gasteiger partial charge in [0.15, 0.2) is 0 Å². The lowest BCUT2D eigenvalue weighted by Crippen LogP contribution is -2.52. The average molecular weight is 324 g/mol. The van der Waals surface area contributed by atoms with Crippen molar-refractivity contribution in [1.29, 1.82) is 0 Å². The third-order valence-corrected chi connectivity index (χ3v) is 6.18. The van der Waals surface area contributed by atoms with E-state index in [0.717, 1.165) is 17.9 Å². The second kappa shape index (κ2) is 5.93. The van der Waals surface area contributed by atoms with E-state index in [1.807, 2.05) is 36.0 Å². The Labute approximate surface area is 141 Å². The molecule has 2 fully saturated rings. The fraction of sp³-hybridized carbons (Fsp3) is 0.316. The topological polar surface area (TPSA) is 32.3 Å². The van der Waals surface area contributed by atoms with E-state index in [2.05, 4.69) is 46.6 Å². The molecule has 2 aromatic carbocycles. The van der Waals surface area contributed by atoms with E-state index in [1.165, 1.54) is 11.1 Å². The van der Waals surface area contributed by atoms with Crippen LogP contribution in [0.5, 0.6) is 0 Å². The van der Waals surface area contributed by atoms with Crippen molar-refractivity contribution in [1.82, 2.24) is 10.2 Å². The molecule has 0 saturated carbocycles. The molecule has 2 unspecified atom stereocenters. The monoisotopic (exact) mass is 324 g/mol. The van der Waals surface area contributed by atoms with Gasteiger partial charge in [0.1, 0.15) is 0 Å². The van der Waals surface area contributed by atoms with Gasteiger partial charge in [-0.3, -0.25) is 0 Å². The Kier molecular flexibility index (Phi) is 3.77. The van der Waals surface area contributed by atoms with Crippen LogP contribution in [0, 0.1) is 0 Å². The lowest BCUT2D eigenvalue weighted by molar-refractivity contribution is 0.155. The summed E-state index contributed by atoms with van der Waals surface area (Å²) in [5, 5.41) is 3.21. The number of fused-ring (bicyclic) bond motifs is 1. The minimum atomic E-state index is -0.112. The Bertz CT molecular complexity index is 691. The second-order valence-electron chi connectivity index (χ2n) is 6.35. The van der Waals surface area contributed by atoms with E-state index < -0.39 is 0 Å². The highest BCUT2D eigenvalue weighted by Crippen LogP contribution is 2.41. The SMILES string of the molecule is O=C1NC2CSCC2(Cc2ccccc2)N1Cc1ccccc1. The van der Waals surface area contributed by atoms with Gasteiger partial charge in [0, 0.05) is 18.1 Å². The molecule has 118 valence electrons. The lowest BCUT2D eigenvalue weighted by Gasteiger charge is -2.37. The number of amides is 2. The van der Waals surface area contributed by atoms with E-state index in [9.17, 15) is 4.79 Å². The summed E-state index contributed by atoms with van der Waals surface area (Å²) in [5.41, 5.74) is 2.38. The number of nitrogens with one attached hydrogen (secondary N) is 1. The van der Waals surface area contributed by atoms with Gasteiger partial charge in [-0.25, -0.2) is 4.79 Å². The summed E-state index contributed by atoms with van der Waals surface area (Å²) >= 11 is 1.94. The van der Waals surface area contributed by atoms with Crippen LogP contribution in [0.15, 0.2) is 60.7 Å². The van der Waals surface area contributed by atoms with E-state index >= 15 is 0 Å². The van der Waals surface area contributed by atoms with Crippen molar-refractivity contribution in [2.45, 2.75) is 24.5 Å². The molecule has 0 bridgehead atoms. The van der Waals surface area contributed by atoms with Gasteiger partial charge in [0.25, 0.3) is 0 Å². The molecular weight excluding hydrogens is 304 g/mol. The van der Waals surface area contributed by atoms with E-state index in [4.69, 9.17) is 0 Å². The van der Waals surface area contributed by atoms with Crippen molar-refractivity contribution in [3.8, 4) is 0 Å². The van der Waals surface area contributed by atoms with Crippen LogP contribution in [-0.2, 0) is 13.0 Å². The van der Waals surface area contributed by atoms with Crippen molar-refractivity contribution in [3.05, 3.63) is 71.8 Å². The molecule has 2 aliphatic rings. The molecule has 2 aromatic rings. The first-order valence-corrected chi connectivity index (χ1v) is 9.17. The maximum Gasteiger partial charge on any atom is 0.318 e. The minimum absolute atomic E-state index is 0.0788. The number of rotatable bonds is 4. The number of nitrogens with zero attached hydrogens (tertiary/aromatic N) is 1. The molecule has 2 heterocycles. The number of benzene rings is 2. The van der Waals surface area contributed by atoms with E-state index in [0.29, 0.717) is 6.54 Å². The zero-order valence-corrected chi connectivity index (χ0v) is 13.8. The predicted octanol–water partition coefficient (Wildman–Crippen LogP) is 3.31. The maximum absolute atomic E-state index is 12.6. The summed E-state index contributed by atoms with van der Waals surface area (Å²) < 4.78 is 0. The number of carbonyl (C=O) groups is 1. The molecule has 2 amide bonds. The minimum Gasteiger partial charge on any atom is -0.332 e. The van der Waals surface area contributed by atoms with Crippen LogP contribution in [0.2, 0.25) is 0 Å². The Morgan fingerprint density at radius 1 is 1.04 bits per heavy atom. The Hall–Kier alpha value is -1.94. The zero-order chi connectivity index (χ0) is 15.7. The number of thioether (sulfide) groups is 1. The average Bonchev–Trinajstić information content (AvgIpc) is 3.07. The summed E-state index contributed by atoms with van der Waals surface area (Å²) in [6.45, 7) is 0.677. The molecule has 2 atom stereocenters. The van der Waals surface area contributed by atoms with Crippen molar-refractivity contribution >= 4 is 17.8 Å². The van der Waals surface area contributed by atoms with Crippen molar-refractivity contribution in [2.24, 2.45) is 0 Å². The molecule has 3 nitrogen and oxygen atoms in total. The van der Waals surface area contributed by atoms with Crippen LogP contribution in [0.3, 0.4) is 0 Å². The maximum atomic E-state index is 12.6. The van der Waals surface area contributed by atoms with E-state index in [-0.39, 0.29) is 17.6 Å². The standard InChI is InChI=1S/C19H20N2OS/c22-18-20-17-13-23-14-19(17,11-15-7-3-1-4-8-15)21(18)12-16-9-5-2-6-10-16/h1-10,17H,11-14H2,(H,20,22). The van der Waals surface area contributed by atoms with Gasteiger partial charge in [-0.2, -0.15) is 11.8 Å². The highest BCUT2D eigenvalue weighted by atomic mass is 32.2. The van der Waals surface area contributed by atoms with Gasteiger partial charge in [0.05, 0.1) is 11.6 Å². The van der Waals surface area contributed by atoms with Gasteiger partial charge in [-0.05, 0) is 17.5 Å². The van der Waals surface area contributed by atoms with Gasteiger partial charge in [-0.15, -0.1) is 0 Å². The molecule has 4 heteroatoms. The molecule has 0 aliphatic carbocycles. The molecule has 4 rings (SSSR count). The van der Waals surface area contributed by atoms with E-state index in [1.54, 1.807) is 0 Å². The van der Waals surface area contributed by atoms with Crippen LogP contribution >= 0.6 is 11.8 Å². The fourth-order valence-electron chi connectivity index (χ4n) is 3.69. The molecule has 23 heavy (non-hydrogen) atoms. The molecule has 0 aromatic heterocycles. The first-order valence-electron chi connectivity index (χ1n) is 8.02. The highest BCUT2D eigenvalue weighted by molar-refractivity contribution is 7.99. The van der Waals surface area contributed by atoms with Crippen molar-refractivity contribution in [3.63, 3.8) is 0 Å². The fourth-order valence-corrected chi connectivity index (χ4v) is 5.25. The summed E-state index contributed by atoms with van der Waals surface area (Å²) in [7, 11) is 0. The van der Waals surface area contributed by atoms with Gasteiger partial charge in [0.2, 0.25) is 0 Å². The summed E-state index contributed by atoms with van der Waals surface area (Å²) in [5.74, 6) is 2.00. The Balaban J connectivity index is 1.66.